The van der Waals surface area contributed by atoms with Crippen LogP contribution in [0, 0.1) is 11.7 Å². The van der Waals surface area contributed by atoms with Gasteiger partial charge in [-0.05, 0) is 43.4 Å². The van der Waals surface area contributed by atoms with Gasteiger partial charge in [0, 0.05) is 37.5 Å². The van der Waals surface area contributed by atoms with Crippen molar-refractivity contribution in [3.8, 4) is 0 Å². The standard InChI is InChI=1S/C21H24FN5O3/c22-16-4-3-12(11-17-18-14(2-1-7-24-18)20(29)26-25-17)10-15(16)21(30)27-8-5-13(6-9-27)19(23)28/h3-4,10,13,24H,1-2,5-9,11H2,(H2,23,28)(H,26,29). The second kappa shape index (κ2) is 8.25. The molecule has 2 aromatic rings. The Hall–Kier alpha value is -3.23. The molecule has 0 bridgehead atoms. The first-order valence-electron chi connectivity index (χ1n) is 10.2. The van der Waals surface area contributed by atoms with Crippen molar-refractivity contribution in [3.63, 3.8) is 0 Å². The lowest BCUT2D eigenvalue weighted by atomic mass is 9.95. The quantitative estimate of drug-likeness (QED) is 0.695. The molecule has 0 radical (unpaired) electrons. The van der Waals surface area contributed by atoms with Crippen LogP contribution in [-0.4, -0.2) is 46.5 Å². The van der Waals surface area contributed by atoms with Gasteiger partial charge >= 0.3 is 0 Å². The van der Waals surface area contributed by atoms with Gasteiger partial charge in [0.25, 0.3) is 11.5 Å². The molecule has 0 spiro atoms. The Labute approximate surface area is 172 Å². The zero-order valence-corrected chi connectivity index (χ0v) is 16.5. The number of anilines is 1. The van der Waals surface area contributed by atoms with Gasteiger partial charge in [-0.3, -0.25) is 14.4 Å². The predicted octanol–water partition coefficient (Wildman–Crippen LogP) is 1.20. The largest absolute Gasteiger partial charge is 0.383 e. The normalized spacial score (nSPS) is 16.6. The van der Waals surface area contributed by atoms with Gasteiger partial charge in [0.05, 0.1) is 16.9 Å². The molecule has 2 aliphatic heterocycles. The number of benzene rings is 1. The van der Waals surface area contributed by atoms with Crippen LogP contribution in [0.5, 0.6) is 0 Å². The number of hydrogen-bond acceptors (Lipinski definition) is 5. The Bertz CT molecular complexity index is 1040. The maximum atomic E-state index is 14.4. The van der Waals surface area contributed by atoms with Crippen molar-refractivity contribution in [2.75, 3.05) is 25.0 Å². The number of amides is 2. The molecule has 1 saturated heterocycles. The molecule has 158 valence electrons. The molecule has 1 aromatic carbocycles. The fraction of sp³-hybridized carbons (Fsp3) is 0.429. The molecule has 3 heterocycles. The van der Waals surface area contributed by atoms with Crippen molar-refractivity contribution >= 4 is 17.5 Å². The lowest BCUT2D eigenvalue weighted by Crippen LogP contribution is -2.42. The summed E-state index contributed by atoms with van der Waals surface area (Å²) >= 11 is 0. The molecule has 8 nitrogen and oxygen atoms in total. The highest BCUT2D eigenvalue weighted by molar-refractivity contribution is 5.95. The fourth-order valence-electron chi connectivity index (χ4n) is 4.16. The maximum absolute atomic E-state index is 14.4. The summed E-state index contributed by atoms with van der Waals surface area (Å²) < 4.78 is 14.4. The molecule has 1 fully saturated rings. The van der Waals surface area contributed by atoms with Crippen molar-refractivity contribution in [1.82, 2.24) is 15.1 Å². The highest BCUT2D eigenvalue weighted by Crippen LogP contribution is 2.25. The van der Waals surface area contributed by atoms with E-state index in [4.69, 9.17) is 5.73 Å². The van der Waals surface area contributed by atoms with E-state index in [1.807, 2.05) is 0 Å². The number of aromatic nitrogens is 2. The Morgan fingerprint density at radius 1 is 1.27 bits per heavy atom. The highest BCUT2D eigenvalue weighted by Gasteiger charge is 2.28. The number of halogens is 1. The topological polar surface area (TPSA) is 121 Å². The first-order valence-corrected chi connectivity index (χ1v) is 10.2. The van der Waals surface area contributed by atoms with Gasteiger partial charge in [0.1, 0.15) is 5.82 Å². The number of hydrogen-bond donors (Lipinski definition) is 3. The molecule has 2 aliphatic rings. The number of likely N-dealkylation sites (tertiary alicyclic amines) is 1. The lowest BCUT2D eigenvalue weighted by molar-refractivity contribution is -0.123. The van der Waals surface area contributed by atoms with E-state index in [0.717, 1.165) is 24.2 Å². The summed E-state index contributed by atoms with van der Waals surface area (Å²) in [4.78, 5) is 37.8. The summed E-state index contributed by atoms with van der Waals surface area (Å²) in [5, 5.41) is 9.93. The van der Waals surface area contributed by atoms with Crippen LogP contribution in [0.1, 0.15) is 46.4 Å². The second-order valence-corrected chi connectivity index (χ2v) is 7.84. The average Bonchev–Trinajstić information content (AvgIpc) is 2.76. The zero-order valence-electron chi connectivity index (χ0n) is 16.5. The first kappa shape index (κ1) is 20.1. The highest BCUT2D eigenvalue weighted by atomic mass is 19.1. The van der Waals surface area contributed by atoms with Crippen LogP contribution >= 0.6 is 0 Å². The molecule has 0 atom stereocenters. The third-order valence-corrected chi connectivity index (χ3v) is 5.88. The number of H-pyrrole nitrogens is 1. The summed E-state index contributed by atoms with van der Waals surface area (Å²) in [6.45, 7) is 1.50. The van der Waals surface area contributed by atoms with Gasteiger partial charge in [0.2, 0.25) is 5.91 Å². The number of nitrogens with two attached hydrogens (primary N) is 1. The van der Waals surface area contributed by atoms with E-state index in [1.165, 1.54) is 6.07 Å². The summed E-state index contributed by atoms with van der Waals surface area (Å²) in [5.74, 6) is -1.59. The number of carbonyl (C=O) groups excluding carboxylic acids is 2. The van der Waals surface area contributed by atoms with Gasteiger partial charge in [0.15, 0.2) is 0 Å². The molecule has 4 rings (SSSR count). The first-order chi connectivity index (χ1) is 14.4. The molecule has 0 unspecified atom stereocenters. The van der Waals surface area contributed by atoms with Crippen LogP contribution in [0.3, 0.4) is 0 Å². The van der Waals surface area contributed by atoms with Crippen LogP contribution in [0.4, 0.5) is 10.1 Å². The van der Waals surface area contributed by atoms with E-state index in [0.29, 0.717) is 50.0 Å². The molecule has 1 aromatic heterocycles. The summed E-state index contributed by atoms with van der Waals surface area (Å²) in [5.41, 5.74) is 7.94. The van der Waals surface area contributed by atoms with Gasteiger partial charge in [-0.1, -0.05) is 6.07 Å². The van der Waals surface area contributed by atoms with E-state index in [-0.39, 0.29) is 22.9 Å². The summed E-state index contributed by atoms with van der Waals surface area (Å²) in [6.07, 6.45) is 2.89. The molecular weight excluding hydrogens is 389 g/mol. The molecule has 9 heteroatoms. The SMILES string of the molecule is NC(=O)C1CCN(C(=O)c2cc(Cc3n[nH]c(=O)c4c3NCCC4)ccc2F)CC1. The number of fused-ring (bicyclic) bond motifs is 1. The van der Waals surface area contributed by atoms with E-state index in [2.05, 4.69) is 15.5 Å². The van der Waals surface area contributed by atoms with Gasteiger partial charge in [-0.25, -0.2) is 9.49 Å². The van der Waals surface area contributed by atoms with Crippen molar-refractivity contribution in [2.45, 2.75) is 32.1 Å². The molecule has 30 heavy (non-hydrogen) atoms. The number of nitrogens with zero attached hydrogens (tertiary/aromatic N) is 2. The third kappa shape index (κ3) is 3.92. The van der Waals surface area contributed by atoms with Crippen molar-refractivity contribution in [2.24, 2.45) is 11.7 Å². The summed E-state index contributed by atoms with van der Waals surface area (Å²) in [6, 6.07) is 4.44. The number of primary amides is 1. The molecule has 0 aliphatic carbocycles. The van der Waals surface area contributed by atoms with Gasteiger partial charge in [-0.15, -0.1) is 0 Å². The van der Waals surface area contributed by atoms with Crippen molar-refractivity contribution < 1.29 is 14.0 Å². The number of nitrogens with one attached hydrogen (secondary N) is 2. The Balaban J connectivity index is 1.55. The second-order valence-electron chi connectivity index (χ2n) is 7.84. The van der Waals surface area contributed by atoms with Crippen molar-refractivity contribution in [1.29, 1.82) is 0 Å². The van der Waals surface area contributed by atoms with E-state index in [1.54, 1.807) is 17.0 Å². The Morgan fingerprint density at radius 2 is 2.03 bits per heavy atom. The monoisotopic (exact) mass is 413 g/mol. The van der Waals surface area contributed by atoms with E-state index in [9.17, 15) is 18.8 Å². The lowest BCUT2D eigenvalue weighted by Gasteiger charge is -2.30. The van der Waals surface area contributed by atoms with Gasteiger partial charge < -0.3 is 16.0 Å². The predicted molar refractivity (Wildman–Crippen MR) is 109 cm³/mol. The smallest absolute Gasteiger partial charge is 0.269 e. The van der Waals surface area contributed by atoms with Crippen LogP contribution in [-0.2, 0) is 17.6 Å². The number of rotatable bonds is 4. The Kier molecular flexibility index (Phi) is 5.52. The minimum Gasteiger partial charge on any atom is -0.383 e. The van der Waals surface area contributed by atoms with Crippen LogP contribution in [0.25, 0.3) is 0 Å². The average molecular weight is 413 g/mol. The molecule has 2 amide bonds. The summed E-state index contributed by atoms with van der Waals surface area (Å²) in [7, 11) is 0. The zero-order chi connectivity index (χ0) is 21.3. The van der Waals surface area contributed by atoms with Gasteiger partial charge in [-0.2, -0.15) is 5.10 Å². The Morgan fingerprint density at radius 3 is 2.77 bits per heavy atom. The number of aromatic amines is 1. The van der Waals surface area contributed by atoms with Crippen molar-refractivity contribution in [3.05, 3.63) is 56.8 Å². The maximum Gasteiger partial charge on any atom is 0.269 e. The molecule has 0 saturated carbocycles. The van der Waals surface area contributed by atoms with Crippen LogP contribution < -0.4 is 16.6 Å². The molecule has 4 N–H and O–H groups in total. The fourth-order valence-corrected chi connectivity index (χ4v) is 4.16. The minimum atomic E-state index is -0.588. The number of carbonyl (C=O) groups is 2. The molecular formula is C21H24FN5O3. The minimum absolute atomic E-state index is 0.00345. The number of piperidine rings is 1. The van der Waals surface area contributed by atoms with Crippen LogP contribution in [0.2, 0.25) is 0 Å². The van der Waals surface area contributed by atoms with E-state index < -0.39 is 11.7 Å². The van der Waals surface area contributed by atoms with Crippen LogP contribution in [0.15, 0.2) is 23.0 Å². The third-order valence-electron chi connectivity index (χ3n) is 5.88. The van der Waals surface area contributed by atoms with E-state index >= 15 is 0 Å².